The Hall–Kier alpha value is -0.810. The Morgan fingerprint density at radius 2 is 2.36 bits per heavy atom. The molecule has 1 saturated carbocycles. The van der Waals surface area contributed by atoms with Crippen molar-refractivity contribution in [3.05, 3.63) is 0 Å². The van der Waals surface area contributed by atoms with Crippen molar-refractivity contribution in [2.45, 2.75) is 25.9 Å². The van der Waals surface area contributed by atoms with Crippen LogP contribution in [0.3, 0.4) is 0 Å². The van der Waals surface area contributed by atoms with Gasteiger partial charge in [0.1, 0.15) is 12.4 Å². The number of terminal acetylenes is 1. The first-order valence-electron chi connectivity index (χ1n) is 3.79. The van der Waals surface area contributed by atoms with Crippen molar-refractivity contribution in [1.29, 1.82) is 0 Å². The van der Waals surface area contributed by atoms with E-state index in [1.165, 1.54) is 0 Å². The third-order valence-electron chi connectivity index (χ3n) is 2.07. The van der Waals surface area contributed by atoms with Gasteiger partial charge in [-0.3, -0.25) is 4.79 Å². The molecule has 60 valence electrons. The number of ketones is 1. The summed E-state index contributed by atoms with van der Waals surface area (Å²) in [5.74, 6) is 2.91. The second-order valence-corrected chi connectivity index (χ2v) is 2.92. The average Bonchev–Trinajstić information content (AvgIpc) is 1.84. The highest BCUT2D eigenvalue weighted by atomic mass is 16.5. The van der Waals surface area contributed by atoms with E-state index in [2.05, 4.69) is 5.92 Å². The highest BCUT2D eigenvalue weighted by molar-refractivity contribution is 5.79. The van der Waals surface area contributed by atoms with Gasteiger partial charge in [-0.05, 0) is 19.8 Å². The fraction of sp³-hybridized carbons (Fsp3) is 0.667. The molecular weight excluding hydrogens is 140 g/mol. The Kier molecular flexibility index (Phi) is 2.67. The second-order valence-electron chi connectivity index (χ2n) is 2.92. The maximum absolute atomic E-state index is 10.7. The van der Waals surface area contributed by atoms with Crippen molar-refractivity contribution < 1.29 is 9.53 Å². The first-order valence-corrected chi connectivity index (χ1v) is 3.79. The molecule has 0 aromatic heterocycles. The first-order chi connectivity index (χ1) is 5.24. The van der Waals surface area contributed by atoms with Crippen molar-refractivity contribution >= 4 is 5.78 Å². The molecule has 0 amide bonds. The van der Waals surface area contributed by atoms with Crippen LogP contribution in [0.1, 0.15) is 19.8 Å². The summed E-state index contributed by atoms with van der Waals surface area (Å²) < 4.78 is 5.22. The fourth-order valence-corrected chi connectivity index (χ4v) is 1.20. The van der Waals surface area contributed by atoms with Crippen LogP contribution in [-0.2, 0) is 9.53 Å². The van der Waals surface area contributed by atoms with Gasteiger partial charge in [-0.1, -0.05) is 5.92 Å². The molecule has 0 spiro atoms. The first kappa shape index (κ1) is 8.29. The van der Waals surface area contributed by atoms with Gasteiger partial charge >= 0.3 is 0 Å². The lowest BCUT2D eigenvalue weighted by molar-refractivity contribution is -0.128. The molecular formula is C9H12O2. The molecule has 0 saturated heterocycles. The van der Waals surface area contributed by atoms with Gasteiger partial charge in [-0.25, -0.2) is 0 Å². The Bertz CT molecular complexity index is 184. The number of rotatable bonds is 3. The van der Waals surface area contributed by atoms with Crippen molar-refractivity contribution in [1.82, 2.24) is 0 Å². The van der Waals surface area contributed by atoms with Crippen LogP contribution in [-0.4, -0.2) is 18.5 Å². The SMILES string of the molecule is C#CCOC1CC(C(C)=O)C1. The van der Waals surface area contributed by atoms with E-state index in [-0.39, 0.29) is 17.8 Å². The highest BCUT2D eigenvalue weighted by Gasteiger charge is 2.32. The molecule has 0 atom stereocenters. The molecule has 1 aliphatic rings. The monoisotopic (exact) mass is 152 g/mol. The number of ether oxygens (including phenoxy) is 1. The summed E-state index contributed by atoms with van der Waals surface area (Å²) >= 11 is 0. The van der Waals surface area contributed by atoms with Crippen LogP contribution in [0.5, 0.6) is 0 Å². The standard InChI is InChI=1S/C9H12O2/c1-3-4-11-9-5-8(6-9)7(2)10/h1,8-9H,4-6H2,2H3. The van der Waals surface area contributed by atoms with Crippen molar-refractivity contribution in [2.75, 3.05) is 6.61 Å². The minimum Gasteiger partial charge on any atom is -0.366 e. The Labute approximate surface area is 66.9 Å². The lowest BCUT2D eigenvalue weighted by Gasteiger charge is -2.32. The molecule has 1 rings (SSSR count). The zero-order valence-corrected chi connectivity index (χ0v) is 6.67. The molecule has 0 aromatic carbocycles. The van der Waals surface area contributed by atoms with Gasteiger partial charge < -0.3 is 4.74 Å². The van der Waals surface area contributed by atoms with E-state index >= 15 is 0 Å². The molecule has 2 heteroatoms. The molecule has 0 heterocycles. The van der Waals surface area contributed by atoms with Crippen LogP contribution in [0.15, 0.2) is 0 Å². The van der Waals surface area contributed by atoms with E-state index in [1.807, 2.05) is 0 Å². The van der Waals surface area contributed by atoms with E-state index in [1.54, 1.807) is 6.92 Å². The maximum Gasteiger partial charge on any atom is 0.133 e. The van der Waals surface area contributed by atoms with Crippen LogP contribution in [0, 0.1) is 18.3 Å². The Balaban J connectivity index is 2.10. The van der Waals surface area contributed by atoms with E-state index in [0.29, 0.717) is 6.61 Å². The summed E-state index contributed by atoms with van der Waals surface area (Å²) in [6, 6.07) is 0. The van der Waals surface area contributed by atoms with Gasteiger partial charge in [0, 0.05) is 5.92 Å². The van der Waals surface area contributed by atoms with E-state index in [9.17, 15) is 4.79 Å². The summed E-state index contributed by atoms with van der Waals surface area (Å²) in [5, 5.41) is 0. The summed E-state index contributed by atoms with van der Waals surface area (Å²) in [4.78, 5) is 10.7. The zero-order valence-electron chi connectivity index (χ0n) is 6.67. The molecule has 2 nitrogen and oxygen atoms in total. The largest absolute Gasteiger partial charge is 0.366 e. The van der Waals surface area contributed by atoms with Crippen LogP contribution < -0.4 is 0 Å². The average molecular weight is 152 g/mol. The fourth-order valence-electron chi connectivity index (χ4n) is 1.20. The normalized spacial score (nSPS) is 28.7. The number of Topliss-reactive ketones (excluding diaryl/α,β-unsaturated/α-hetero) is 1. The van der Waals surface area contributed by atoms with Crippen LogP contribution in [0.4, 0.5) is 0 Å². The lowest BCUT2D eigenvalue weighted by Crippen LogP contribution is -2.35. The van der Waals surface area contributed by atoms with Crippen molar-refractivity contribution in [2.24, 2.45) is 5.92 Å². The van der Waals surface area contributed by atoms with Crippen molar-refractivity contribution in [3.63, 3.8) is 0 Å². The number of carbonyl (C=O) groups excluding carboxylic acids is 1. The van der Waals surface area contributed by atoms with Gasteiger partial charge in [-0.2, -0.15) is 0 Å². The van der Waals surface area contributed by atoms with Gasteiger partial charge in [-0.15, -0.1) is 6.42 Å². The van der Waals surface area contributed by atoms with Crippen LogP contribution in [0.25, 0.3) is 0 Å². The summed E-state index contributed by atoms with van der Waals surface area (Å²) in [6.45, 7) is 2.00. The van der Waals surface area contributed by atoms with E-state index in [4.69, 9.17) is 11.2 Å². The van der Waals surface area contributed by atoms with E-state index < -0.39 is 0 Å². The maximum atomic E-state index is 10.7. The molecule has 1 aliphatic carbocycles. The van der Waals surface area contributed by atoms with Crippen molar-refractivity contribution in [3.8, 4) is 12.3 Å². The topological polar surface area (TPSA) is 26.3 Å². The summed E-state index contributed by atoms with van der Waals surface area (Å²) in [5.41, 5.74) is 0. The predicted molar refractivity (Wildman–Crippen MR) is 42.0 cm³/mol. The molecule has 0 bridgehead atoms. The van der Waals surface area contributed by atoms with Gasteiger partial charge in [0.05, 0.1) is 6.10 Å². The number of carbonyl (C=O) groups is 1. The number of hydrogen-bond acceptors (Lipinski definition) is 2. The van der Waals surface area contributed by atoms with E-state index in [0.717, 1.165) is 12.8 Å². The molecule has 0 aromatic rings. The Morgan fingerprint density at radius 1 is 1.73 bits per heavy atom. The van der Waals surface area contributed by atoms with Gasteiger partial charge in [0.15, 0.2) is 0 Å². The zero-order chi connectivity index (χ0) is 8.27. The summed E-state index contributed by atoms with van der Waals surface area (Å²) in [7, 11) is 0. The molecule has 0 aliphatic heterocycles. The molecule has 0 N–H and O–H groups in total. The lowest BCUT2D eigenvalue weighted by atomic mass is 9.80. The quantitative estimate of drug-likeness (QED) is 0.564. The molecule has 1 fully saturated rings. The molecule has 0 radical (unpaired) electrons. The summed E-state index contributed by atoms with van der Waals surface area (Å²) in [6.07, 6.45) is 6.96. The third-order valence-corrected chi connectivity index (χ3v) is 2.07. The highest BCUT2D eigenvalue weighted by Crippen LogP contribution is 2.30. The van der Waals surface area contributed by atoms with Crippen LogP contribution >= 0.6 is 0 Å². The molecule has 0 unspecified atom stereocenters. The number of hydrogen-bond donors (Lipinski definition) is 0. The third kappa shape index (κ3) is 2.06. The smallest absolute Gasteiger partial charge is 0.133 e. The minimum atomic E-state index is 0.234. The predicted octanol–water partition coefficient (Wildman–Crippen LogP) is 1.00. The van der Waals surface area contributed by atoms with Gasteiger partial charge in [0.2, 0.25) is 0 Å². The Morgan fingerprint density at radius 3 is 2.82 bits per heavy atom. The second kappa shape index (κ2) is 3.54. The minimum absolute atomic E-state index is 0.234. The van der Waals surface area contributed by atoms with Gasteiger partial charge in [0.25, 0.3) is 0 Å². The molecule has 11 heavy (non-hydrogen) atoms. The van der Waals surface area contributed by atoms with Crippen LogP contribution in [0.2, 0.25) is 0 Å².